The van der Waals surface area contributed by atoms with E-state index in [1.165, 1.54) is 11.1 Å². The molecule has 2 rings (SSSR count). The first-order valence-corrected chi connectivity index (χ1v) is 7.20. The highest BCUT2D eigenvalue weighted by atomic mass is 79.9. The third-order valence-electron chi connectivity index (χ3n) is 3.40. The zero-order chi connectivity index (χ0) is 14.2. The molecule has 0 aliphatic rings. The fourth-order valence-corrected chi connectivity index (χ4v) is 2.90. The van der Waals surface area contributed by atoms with Crippen molar-refractivity contribution >= 4 is 15.9 Å². The smallest absolute Gasteiger partial charge is 0.104 e. The highest BCUT2D eigenvalue weighted by Crippen LogP contribution is 2.30. The molecule has 100 valence electrons. The van der Waals surface area contributed by atoms with Gasteiger partial charge in [0.25, 0.3) is 0 Å². The zero-order valence-electron chi connectivity index (χ0n) is 11.8. The van der Waals surface area contributed by atoms with Crippen molar-refractivity contribution < 1.29 is 5.11 Å². The van der Waals surface area contributed by atoms with Crippen LogP contribution in [0.3, 0.4) is 0 Å². The highest BCUT2D eigenvalue weighted by Gasteiger charge is 2.15. The second-order valence-electron chi connectivity index (χ2n) is 5.28. The molecule has 0 aromatic heterocycles. The molecule has 0 radical (unpaired) electrons. The molecule has 0 aliphatic heterocycles. The van der Waals surface area contributed by atoms with Gasteiger partial charge in [-0.15, -0.1) is 0 Å². The molecule has 1 N–H and O–H groups in total. The fraction of sp³-hybridized carbons (Fsp3) is 0.294. The van der Waals surface area contributed by atoms with Crippen LogP contribution in [0.25, 0.3) is 0 Å². The summed E-state index contributed by atoms with van der Waals surface area (Å²) in [5.74, 6) is 0. The van der Waals surface area contributed by atoms with Crippen molar-refractivity contribution in [2.24, 2.45) is 0 Å². The van der Waals surface area contributed by atoms with Crippen LogP contribution in [-0.2, 0) is 0 Å². The van der Waals surface area contributed by atoms with Crippen molar-refractivity contribution in [1.82, 2.24) is 0 Å². The van der Waals surface area contributed by atoms with Gasteiger partial charge in [0.15, 0.2) is 0 Å². The first-order valence-electron chi connectivity index (χ1n) is 6.41. The predicted molar refractivity (Wildman–Crippen MR) is 83.6 cm³/mol. The summed E-state index contributed by atoms with van der Waals surface area (Å²) in [6.45, 7) is 8.19. The Labute approximate surface area is 123 Å². The fourth-order valence-electron chi connectivity index (χ4n) is 2.45. The SMILES string of the molecule is Cc1cc(C)cc(C(O)c2cc(C)c(Br)cc2C)c1. The van der Waals surface area contributed by atoms with Crippen LogP contribution in [0.4, 0.5) is 0 Å². The maximum Gasteiger partial charge on any atom is 0.104 e. The van der Waals surface area contributed by atoms with E-state index >= 15 is 0 Å². The Morgan fingerprint density at radius 1 is 0.842 bits per heavy atom. The lowest BCUT2D eigenvalue weighted by molar-refractivity contribution is 0.219. The van der Waals surface area contributed by atoms with Crippen LogP contribution in [-0.4, -0.2) is 5.11 Å². The minimum atomic E-state index is -0.564. The zero-order valence-corrected chi connectivity index (χ0v) is 13.4. The van der Waals surface area contributed by atoms with Crippen molar-refractivity contribution in [1.29, 1.82) is 0 Å². The van der Waals surface area contributed by atoms with Crippen LogP contribution in [0, 0.1) is 27.7 Å². The van der Waals surface area contributed by atoms with E-state index in [9.17, 15) is 5.11 Å². The molecule has 1 nitrogen and oxygen atoms in total. The second kappa shape index (κ2) is 5.48. The number of hydrogen-bond acceptors (Lipinski definition) is 1. The van der Waals surface area contributed by atoms with Crippen LogP contribution in [0.5, 0.6) is 0 Å². The Bertz CT molecular complexity index is 597. The molecule has 0 spiro atoms. The van der Waals surface area contributed by atoms with Gasteiger partial charge in [-0.05, 0) is 56.0 Å². The normalized spacial score (nSPS) is 12.5. The molecule has 0 fully saturated rings. The Morgan fingerprint density at radius 3 is 2.00 bits per heavy atom. The standard InChI is InChI=1S/C17H19BrO/c1-10-5-11(2)7-14(6-10)17(19)15-8-13(4)16(18)9-12(15)3/h5-9,17,19H,1-4H3. The lowest BCUT2D eigenvalue weighted by Gasteiger charge is -2.17. The summed E-state index contributed by atoms with van der Waals surface area (Å²) in [6, 6.07) is 10.3. The molecule has 0 aliphatic carbocycles. The Balaban J connectivity index is 2.49. The van der Waals surface area contributed by atoms with E-state index in [1.807, 2.05) is 13.8 Å². The predicted octanol–water partition coefficient (Wildman–Crippen LogP) is 4.76. The molecule has 0 saturated heterocycles. The summed E-state index contributed by atoms with van der Waals surface area (Å²) < 4.78 is 1.08. The Hall–Kier alpha value is -1.12. The third kappa shape index (κ3) is 3.07. The summed E-state index contributed by atoms with van der Waals surface area (Å²) in [7, 11) is 0. The molecule has 0 saturated carbocycles. The molecule has 19 heavy (non-hydrogen) atoms. The van der Waals surface area contributed by atoms with E-state index in [4.69, 9.17) is 0 Å². The molecule has 2 aromatic rings. The van der Waals surface area contributed by atoms with Crippen LogP contribution < -0.4 is 0 Å². The topological polar surface area (TPSA) is 20.2 Å². The molecule has 2 heteroatoms. The van der Waals surface area contributed by atoms with Gasteiger partial charge in [-0.25, -0.2) is 0 Å². The number of benzene rings is 2. The van der Waals surface area contributed by atoms with Gasteiger partial charge >= 0.3 is 0 Å². The van der Waals surface area contributed by atoms with Crippen molar-refractivity contribution in [2.75, 3.05) is 0 Å². The van der Waals surface area contributed by atoms with Crippen LogP contribution in [0.1, 0.15) is 39.5 Å². The van der Waals surface area contributed by atoms with Gasteiger partial charge in [0.05, 0.1) is 0 Å². The molecular formula is C17H19BrO. The summed E-state index contributed by atoms with van der Waals surface area (Å²) in [5, 5.41) is 10.6. The minimum Gasteiger partial charge on any atom is -0.384 e. The Morgan fingerprint density at radius 2 is 1.42 bits per heavy atom. The van der Waals surface area contributed by atoms with E-state index in [0.717, 1.165) is 26.7 Å². The summed E-state index contributed by atoms with van der Waals surface area (Å²) in [4.78, 5) is 0. The van der Waals surface area contributed by atoms with Crippen molar-refractivity contribution in [2.45, 2.75) is 33.8 Å². The Kier molecular flexibility index (Phi) is 4.12. The van der Waals surface area contributed by atoms with Gasteiger partial charge in [-0.1, -0.05) is 51.3 Å². The second-order valence-corrected chi connectivity index (χ2v) is 6.14. The lowest BCUT2D eigenvalue weighted by atomic mass is 9.94. The first kappa shape index (κ1) is 14.3. The largest absolute Gasteiger partial charge is 0.384 e. The minimum absolute atomic E-state index is 0.564. The van der Waals surface area contributed by atoms with Gasteiger partial charge in [0, 0.05) is 4.47 Å². The quantitative estimate of drug-likeness (QED) is 0.846. The van der Waals surface area contributed by atoms with E-state index in [2.05, 4.69) is 60.1 Å². The molecule has 2 aromatic carbocycles. The van der Waals surface area contributed by atoms with Crippen molar-refractivity contribution in [3.63, 3.8) is 0 Å². The molecule has 0 heterocycles. The summed E-state index contributed by atoms with van der Waals surface area (Å²) >= 11 is 3.53. The van der Waals surface area contributed by atoms with Gasteiger partial charge < -0.3 is 5.11 Å². The number of aliphatic hydroxyl groups is 1. The van der Waals surface area contributed by atoms with Crippen LogP contribution in [0.15, 0.2) is 34.8 Å². The number of aryl methyl sites for hydroxylation is 4. The van der Waals surface area contributed by atoms with E-state index in [-0.39, 0.29) is 0 Å². The highest BCUT2D eigenvalue weighted by molar-refractivity contribution is 9.10. The number of rotatable bonds is 2. The molecule has 1 atom stereocenters. The summed E-state index contributed by atoms with van der Waals surface area (Å²) in [5.41, 5.74) is 6.54. The average Bonchev–Trinajstić information content (AvgIpc) is 2.31. The number of hydrogen-bond donors (Lipinski definition) is 1. The maximum absolute atomic E-state index is 10.6. The average molecular weight is 319 g/mol. The van der Waals surface area contributed by atoms with Gasteiger partial charge in [-0.3, -0.25) is 0 Å². The van der Waals surface area contributed by atoms with Crippen LogP contribution in [0.2, 0.25) is 0 Å². The van der Waals surface area contributed by atoms with E-state index in [1.54, 1.807) is 0 Å². The first-order chi connectivity index (χ1) is 8.88. The van der Waals surface area contributed by atoms with Gasteiger partial charge in [0.2, 0.25) is 0 Å². The van der Waals surface area contributed by atoms with Gasteiger partial charge in [0.1, 0.15) is 6.10 Å². The molecule has 0 bridgehead atoms. The van der Waals surface area contributed by atoms with E-state index < -0.39 is 6.10 Å². The maximum atomic E-state index is 10.6. The summed E-state index contributed by atoms with van der Waals surface area (Å²) in [6.07, 6.45) is -0.564. The van der Waals surface area contributed by atoms with Crippen LogP contribution >= 0.6 is 15.9 Å². The molecular weight excluding hydrogens is 300 g/mol. The number of halogens is 1. The van der Waals surface area contributed by atoms with E-state index in [0.29, 0.717) is 0 Å². The third-order valence-corrected chi connectivity index (χ3v) is 4.26. The molecule has 0 amide bonds. The monoisotopic (exact) mass is 318 g/mol. The molecule has 1 unspecified atom stereocenters. The van der Waals surface area contributed by atoms with Gasteiger partial charge in [-0.2, -0.15) is 0 Å². The van der Waals surface area contributed by atoms with Crippen molar-refractivity contribution in [3.05, 3.63) is 68.2 Å². The van der Waals surface area contributed by atoms with Crippen molar-refractivity contribution in [3.8, 4) is 0 Å². The number of aliphatic hydroxyl groups excluding tert-OH is 1. The lowest BCUT2D eigenvalue weighted by Crippen LogP contribution is -2.03.